The minimum Gasteiger partial charge on any atom is -0.382 e. The first kappa shape index (κ1) is 7.52. The van der Waals surface area contributed by atoms with Crippen molar-refractivity contribution in [3.63, 3.8) is 0 Å². The van der Waals surface area contributed by atoms with Crippen LogP contribution in [0, 0.1) is 0 Å². The normalized spacial score (nSPS) is 20.5. The van der Waals surface area contributed by atoms with E-state index in [1.54, 1.807) is 0 Å². The fourth-order valence-corrected chi connectivity index (χ4v) is 1.60. The average molecular weight is 173 g/mol. The lowest BCUT2D eigenvalue weighted by atomic mass is 9.94. The number of aryl methyl sites for hydroxylation is 1. The summed E-state index contributed by atoms with van der Waals surface area (Å²) in [5.41, 5.74) is 5.72. The molecule has 0 radical (unpaired) electrons. The van der Waals surface area contributed by atoms with E-state index < -0.39 is 5.92 Å². The second-order valence-electron chi connectivity index (χ2n) is 3.02. The topological polar surface area (TPSA) is 54.7 Å². The summed E-state index contributed by atoms with van der Waals surface area (Å²) in [7, 11) is 0. The molecule has 3 nitrogen and oxygen atoms in total. The van der Waals surface area contributed by atoms with Crippen LogP contribution in [0.15, 0.2) is 0 Å². The molecule has 12 heavy (non-hydrogen) atoms. The maximum absolute atomic E-state index is 13.2. The smallest absolute Gasteiger partial charge is 0.278 e. The van der Waals surface area contributed by atoms with E-state index >= 15 is 0 Å². The van der Waals surface area contributed by atoms with Gasteiger partial charge in [-0.25, -0.2) is 8.78 Å². The van der Waals surface area contributed by atoms with Crippen molar-refractivity contribution >= 4 is 5.82 Å². The Morgan fingerprint density at radius 3 is 2.92 bits per heavy atom. The molecule has 2 rings (SSSR count). The second kappa shape index (κ2) is 2.18. The summed E-state index contributed by atoms with van der Waals surface area (Å²) < 4.78 is 26.3. The van der Waals surface area contributed by atoms with Crippen LogP contribution in [-0.2, 0) is 12.3 Å². The van der Waals surface area contributed by atoms with Crippen molar-refractivity contribution in [2.24, 2.45) is 0 Å². The Morgan fingerprint density at radius 2 is 2.25 bits per heavy atom. The third-order valence-corrected chi connectivity index (χ3v) is 2.15. The molecule has 0 saturated heterocycles. The quantitative estimate of drug-likeness (QED) is 0.623. The second-order valence-corrected chi connectivity index (χ2v) is 3.02. The monoisotopic (exact) mass is 173 g/mol. The zero-order valence-corrected chi connectivity index (χ0v) is 6.40. The Morgan fingerprint density at radius 1 is 1.50 bits per heavy atom. The number of hydrogen-bond acceptors (Lipinski definition) is 2. The minimum absolute atomic E-state index is 0.0605. The molecule has 0 fully saturated rings. The molecule has 1 aliphatic carbocycles. The molecule has 0 atom stereocenters. The van der Waals surface area contributed by atoms with Crippen LogP contribution in [0.5, 0.6) is 0 Å². The molecule has 0 spiro atoms. The molecule has 0 aliphatic heterocycles. The summed E-state index contributed by atoms with van der Waals surface area (Å²) in [5.74, 6) is -2.85. The Balaban J connectivity index is 2.56. The number of nitrogens with zero attached hydrogens (tertiary/aromatic N) is 1. The fraction of sp³-hybridized carbons (Fsp3) is 0.571. The van der Waals surface area contributed by atoms with E-state index in [1.165, 1.54) is 0 Å². The van der Waals surface area contributed by atoms with Gasteiger partial charge >= 0.3 is 0 Å². The van der Waals surface area contributed by atoms with Gasteiger partial charge in [-0.15, -0.1) is 0 Å². The van der Waals surface area contributed by atoms with E-state index in [1.807, 2.05) is 0 Å². The van der Waals surface area contributed by atoms with Gasteiger partial charge in [0.1, 0.15) is 0 Å². The highest BCUT2D eigenvalue weighted by Gasteiger charge is 2.40. The van der Waals surface area contributed by atoms with Crippen LogP contribution < -0.4 is 5.73 Å². The zero-order valence-electron chi connectivity index (χ0n) is 6.40. The Hall–Kier alpha value is -1.13. The van der Waals surface area contributed by atoms with Gasteiger partial charge in [-0.3, -0.25) is 5.10 Å². The molecule has 5 heteroatoms. The predicted octanol–water partition coefficient (Wildman–Crippen LogP) is 1.42. The standard InChI is InChI=1S/C7H9F2N3/c8-7(9)3-1-2-4-5(7)6(10)12-11-4/h1-3H2,(H3,10,11,12). The lowest BCUT2D eigenvalue weighted by molar-refractivity contribution is -0.0209. The number of fused-ring (bicyclic) bond motifs is 1. The Labute approximate surface area is 68.0 Å². The van der Waals surface area contributed by atoms with Gasteiger partial charge in [0, 0.05) is 12.1 Å². The lowest BCUT2D eigenvalue weighted by Crippen LogP contribution is -2.21. The van der Waals surface area contributed by atoms with Gasteiger partial charge in [-0.2, -0.15) is 5.10 Å². The number of H-pyrrole nitrogens is 1. The third kappa shape index (κ3) is 0.888. The molecule has 1 heterocycles. The molecule has 1 aliphatic rings. The van der Waals surface area contributed by atoms with Gasteiger partial charge < -0.3 is 5.73 Å². The molecule has 0 aromatic carbocycles. The van der Waals surface area contributed by atoms with Crippen molar-refractivity contribution in [2.75, 3.05) is 5.73 Å². The highest BCUT2D eigenvalue weighted by molar-refractivity contribution is 5.46. The first-order valence-electron chi connectivity index (χ1n) is 3.82. The molecule has 66 valence electrons. The minimum atomic E-state index is -2.79. The Bertz CT molecular complexity index is 306. The molecule has 1 aromatic rings. The Kier molecular flexibility index (Phi) is 1.37. The maximum Gasteiger partial charge on any atom is 0.278 e. The molecule has 1 aromatic heterocycles. The lowest BCUT2D eigenvalue weighted by Gasteiger charge is -2.21. The summed E-state index contributed by atoms with van der Waals surface area (Å²) in [6, 6.07) is 0. The van der Waals surface area contributed by atoms with Crippen LogP contribution in [-0.4, -0.2) is 10.2 Å². The van der Waals surface area contributed by atoms with E-state index in [4.69, 9.17) is 5.73 Å². The van der Waals surface area contributed by atoms with E-state index in [0.717, 1.165) is 0 Å². The highest BCUT2D eigenvalue weighted by atomic mass is 19.3. The number of anilines is 1. The van der Waals surface area contributed by atoms with Crippen molar-refractivity contribution < 1.29 is 8.78 Å². The first-order chi connectivity index (χ1) is 5.61. The summed E-state index contributed by atoms with van der Waals surface area (Å²) in [4.78, 5) is 0. The van der Waals surface area contributed by atoms with Gasteiger partial charge in [-0.05, 0) is 12.8 Å². The van der Waals surface area contributed by atoms with E-state index in [9.17, 15) is 8.78 Å². The molecular weight excluding hydrogens is 164 g/mol. The number of aromatic nitrogens is 2. The molecule has 0 unspecified atom stereocenters. The first-order valence-corrected chi connectivity index (χ1v) is 3.82. The molecule has 3 N–H and O–H groups in total. The van der Waals surface area contributed by atoms with Gasteiger partial charge in [0.15, 0.2) is 5.82 Å². The summed E-state index contributed by atoms with van der Waals surface area (Å²) in [6.07, 6.45) is 0.987. The largest absolute Gasteiger partial charge is 0.382 e. The molecule has 0 bridgehead atoms. The summed E-state index contributed by atoms with van der Waals surface area (Å²) >= 11 is 0. The number of halogens is 2. The fourth-order valence-electron chi connectivity index (χ4n) is 1.60. The van der Waals surface area contributed by atoms with Crippen molar-refractivity contribution in [3.8, 4) is 0 Å². The van der Waals surface area contributed by atoms with Gasteiger partial charge in [0.05, 0.1) is 5.56 Å². The summed E-state index contributed by atoms with van der Waals surface area (Å²) in [6.45, 7) is 0. The van der Waals surface area contributed by atoms with Crippen molar-refractivity contribution in [1.29, 1.82) is 0 Å². The number of alkyl halides is 2. The van der Waals surface area contributed by atoms with Gasteiger partial charge in [-0.1, -0.05) is 0 Å². The van der Waals surface area contributed by atoms with Gasteiger partial charge in [0.2, 0.25) is 0 Å². The number of hydrogen-bond donors (Lipinski definition) is 2. The average Bonchev–Trinajstić information content (AvgIpc) is 2.32. The number of aromatic amines is 1. The summed E-state index contributed by atoms with van der Waals surface area (Å²) in [5, 5.41) is 6.09. The molecule has 0 saturated carbocycles. The number of nitrogen functional groups attached to an aromatic ring is 1. The van der Waals surface area contributed by atoms with Crippen molar-refractivity contribution in [2.45, 2.75) is 25.2 Å². The van der Waals surface area contributed by atoms with Crippen LogP contribution >= 0.6 is 0 Å². The predicted molar refractivity (Wildman–Crippen MR) is 39.8 cm³/mol. The zero-order chi connectivity index (χ0) is 8.77. The highest BCUT2D eigenvalue weighted by Crippen LogP contribution is 2.41. The third-order valence-electron chi connectivity index (χ3n) is 2.15. The van der Waals surface area contributed by atoms with Crippen LogP contribution in [0.25, 0.3) is 0 Å². The maximum atomic E-state index is 13.2. The van der Waals surface area contributed by atoms with Crippen LogP contribution in [0.3, 0.4) is 0 Å². The number of nitrogens with one attached hydrogen (secondary N) is 1. The molecule has 0 amide bonds. The number of nitrogens with two attached hydrogens (primary N) is 1. The number of rotatable bonds is 0. The SMILES string of the molecule is Nc1n[nH]c2c1C(F)(F)CCC2. The van der Waals surface area contributed by atoms with Crippen LogP contribution in [0.1, 0.15) is 24.1 Å². The van der Waals surface area contributed by atoms with E-state index in [2.05, 4.69) is 10.2 Å². The van der Waals surface area contributed by atoms with Crippen molar-refractivity contribution in [3.05, 3.63) is 11.3 Å². The van der Waals surface area contributed by atoms with Crippen molar-refractivity contribution in [1.82, 2.24) is 10.2 Å². The van der Waals surface area contributed by atoms with Crippen LogP contribution in [0.2, 0.25) is 0 Å². The van der Waals surface area contributed by atoms with Gasteiger partial charge in [0.25, 0.3) is 5.92 Å². The molecular formula is C7H9F2N3. The van der Waals surface area contributed by atoms with E-state index in [-0.39, 0.29) is 17.8 Å². The van der Waals surface area contributed by atoms with E-state index in [0.29, 0.717) is 18.5 Å². The van der Waals surface area contributed by atoms with Crippen LogP contribution in [0.4, 0.5) is 14.6 Å².